The summed E-state index contributed by atoms with van der Waals surface area (Å²) >= 11 is 3.31. The fourth-order valence-corrected chi connectivity index (χ4v) is 2.30. The molecule has 2 aromatic carbocycles. The van der Waals surface area contributed by atoms with Crippen molar-refractivity contribution >= 4 is 27.3 Å². The van der Waals surface area contributed by atoms with Crippen molar-refractivity contribution in [2.24, 2.45) is 0 Å². The van der Waals surface area contributed by atoms with Crippen molar-refractivity contribution < 1.29 is 10.0 Å². The van der Waals surface area contributed by atoms with E-state index in [4.69, 9.17) is 0 Å². The Labute approximate surface area is 124 Å². The van der Waals surface area contributed by atoms with E-state index >= 15 is 0 Å². The molecule has 0 atom stereocenters. The van der Waals surface area contributed by atoms with Crippen LogP contribution < -0.4 is 5.32 Å². The molecule has 0 aliphatic rings. The lowest BCUT2D eigenvalue weighted by Gasteiger charge is -2.11. The summed E-state index contributed by atoms with van der Waals surface area (Å²) < 4.78 is 0.787. The third-order valence-corrected chi connectivity index (χ3v) is 3.39. The molecule has 0 amide bonds. The summed E-state index contributed by atoms with van der Waals surface area (Å²) in [5.74, 6) is 0. The molecule has 0 spiro atoms. The monoisotopic (exact) mass is 336 g/mol. The number of nitrogens with zero attached hydrogens (tertiary/aromatic N) is 1. The van der Waals surface area contributed by atoms with Gasteiger partial charge in [0.2, 0.25) is 0 Å². The van der Waals surface area contributed by atoms with Crippen LogP contribution in [0.25, 0.3) is 0 Å². The van der Waals surface area contributed by atoms with E-state index in [1.54, 1.807) is 18.2 Å². The Bertz CT molecular complexity index is 632. The van der Waals surface area contributed by atoms with Gasteiger partial charge in [0.25, 0.3) is 5.69 Å². The molecule has 6 heteroatoms. The summed E-state index contributed by atoms with van der Waals surface area (Å²) in [5.41, 5.74) is 2.17. The lowest BCUT2D eigenvalue weighted by Crippen LogP contribution is -2.05. The van der Waals surface area contributed by atoms with Gasteiger partial charge in [-0.2, -0.15) is 0 Å². The summed E-state index contributed by atoms with van der Waals surface area (Å²) in [7, 11) is 0. The van der Waals surface area contributed by atoms with Crippen LogP contribution in [0.5, 0.6) is 0 Å². The first kappa shape index (κ1) is 14.5. The molecule has 0 fully saturated rings. The van der Waals surface area contributed by atoms with Crippen LogP contribution in [-0.2, 0) is 13.2 Å². The quantitative estimate of drug-likeness (QED) is 0.647. The maximum atomic E-state index is 11.0. The Morgan fingerprint density at radius 1 is 1.20 bits per heavy atom. The highest BCUT2D eigenvalue weighted by Gasteiger charge is 2.13. The molecule has 0 aliphatic heterocycles. The average molecular weight is 337 g/mol. The van der Waals surface area contributed by atoms with Gasteiger partial charge in [0.05, 0.1) is 11.5 Å². The largest absolute Gasteiger partial charge is 0.392 e. The number of nitrogens with one attached hydrogen (secondary N) is 1. The molecule has 0 saturated carbocycles. The normalized spacial score (nSPS) is 10.3. The number of halogens is 1. The van der Waals surface area contributed by atoms with Gasteiger partial charge in [-0.15, -0.1) is 0 Å². The number of benzene rings is 2. The maximum absolute atomic E-state index is 11.0. The number of nitro groups is 1. The molecule has 20 heavy (non-hydrogen) atoms. The minimum Gasteiger partial charge on any atom is -0.392 e. The summed E-state index contributed by atoms with van der Waals surface area (Å²) in [5, 5.41) is 23.4. The van der Waals surface area contributed by atoms with E-state index < -0.39 is 4.92 Å². The summed E-state index contributed by atoms with van der Waals surface area (Å²) in [4.78, 5) is 10.6. The van der Waals surface area contributed by atoms with Gasteiger partial charge < -0.3 is 10.4 Å². The van der Waals surface area contributed by atoms with Gasteiger partial charge in [-0.25, -0.2) is 0 Å². The maximum Gasteiger partial charge on any atom is 0.274 e. The lowest BCUT2D eigenvalue weighted by molar-refractivity contribution is -0.385. The third-order valence-electron chi connectivity index (χ3n) is 2.90. The molecule has 2 aromatic rings. The molecule has 0 unspecified atom stereocenters. The van der Waals surface area contributed by atoms with E-state index in [1.165, 1.54) is 6.07 Å². The molecular weight excluding hydrogens is 324 g/mol. The Hall–Kier alpha value is -1.92. The Morgan fingerprint density at radius 3 is 2.65 bits per heavy atom. The van der Waals surface area contributed by atoms with E-state index in [2.05, 4.69) is 21.2 Å². The van der Waals surface area contributed by atoms with Crippen molar-refractivity contribution in [1.29, 1.82) is 0 Å². The van der Waals surface area contributed by atoms with Crippen LogP contribution in [0.3, 0.4) is 0 Å². The first-order valence-electron chi connectivity index (χ1n) is 5.97. The van der Waals surface area contributed by atoms with Crippen LogP contribution in [0.1, 0.15) is 11.1 Å². The number of rotatable bonds is 5. The third kappa shape index (κ3) is 3.34. The number of hydrogen-bond donors (Lipinski definition) is 2. The van der Waals surface area contributed by atoms with Gasteiger partial charge in [0, 0.05) is 33.9 Å². The smallest absolute Gasteiger partial charge is 0.274 e. The van der Waals surface area contributed by atoms with Crippen molar-refractivity contribution in [2.75, 3.05) is 5.32 Å². The molecule has 0 aliphatic carbocycles. The number of anilines is 1. The fourth-order valence-electron chi connectivity index (χ4n) is 1.89. The van der Waals surface area contributed by atoms with E-state index in [-0.39, 0.29) is 12.3 Å². The van der Waals surface area contributed by atoms with Gasteiger partial charge in [-0.05, 0) is 18.2 Å². The Balaban J connectivity index is 2.22. The second kappa shape index (κ2) is 6.49. The number of nitro benzene ring substituents is 1. The highest BCUT2D eigenvalue weighted by molar-refractivity contribution is 9.10. The zero-order chi connectivity index (χ0) is 14.5. The second-order valence-electron chi connectivity index (χ2n) is 4.20. The van der Waals surface area contributed by atoms with E-state index in [0.29, 0.717) is 12.1 Å². The topological polar surface area (TPSA) is 75.4 Å². The predicted octanol–water partition coefficient (Wildman–Crippen LogP) is 3.46. The zero-order valence-electron chi connectivity index (χ0n) is 10.5. The molecule has 0 saturated heterocycles. The number of aliphatic hydroxyl groups excluding tert-OH is 1. The van der Waals surface area contributed by atoms with Crippen molar-refractivity contribution in [2.45, 2.75) is 13.2 Å². The first-order valence-corrected chi connectivity index (χ1v) is 6.76. The number of para-hydroxylation sites is 1. The van der Waals surface area contributed by atoms with Crippen LogP contribution >= 0.6 is 15.9 Å². The SMILES string of the molecule is O=[N+]([O-])c1ccc(Br)cc1CNc1ccccc1CO. The van der Waals surface area contributed by atoms with Crippen LogP contribution in [0.2, 0.25) is 0 Å². The van der Waals surface area contributed by atoms with Gasteiger partial charge in [0.15, 0.2) is 0 Å². The van der Waals surface area contributed by atoms with Gasteiger partial charge in [0.1, 0.15) is 0 Å². The fraction of sp³-hybridized carbons (Fsp3) is 0.143. The predicted molar refractivity (Wildman–Crippen MR) is 80.5 cm³/mol. The molecule has 5 nitrogen and oxygen atoms in total. The van der Waals surface area contributed by atoms with E-state index in [0.717, 1.165) is 15.7 Å². The van der Waals surface area contributed by atoms with Crippen LogP contribution in [0.4, 0.5) is 11.4 Å². The molecule has 2 N–H and O–H groups in total. The van der Waals surface area contributed by atoms with Crippen LogP contribution in [0.15, 0.2) is 46.9 Å². The molecule has 0 bridgehead atoms. The first-order chi connectivity index (χ1) is 9.61. The average Bonchev–Trinajstić information content (AvgIpc) is 2.45. The molecule has 0 radical (unpaired) electrons. The zero-order valence-corrected chi connectivity index (χ0v) is 12.1. The molecule has 0 aromatic heterocycles. The second-order valence-corrected chi connectivity index (χ2v) is 5.11. The van der Waals surface area contributed by atoms with Crippen molar-refractivity contribution in [3.05, 3.63) is 68.2 Å². The van der Waals surface area contributed by atoms with E-state index in [9.17, 15) is 15.2 Å². The number of hydrogen-bond acceptors (Lipinski definition) is 4. The lowest BCUT2D eigenvalue weighted by atomic mass is 10.1. The summed E-state index contributed by atoms with van der Waals surface area (Å²) in [6.07, 6.45) is 0. The highest BCUT2D eigenvalue weighted by Crippen LogP contribution is 2.24. The van der Waals surface area contributed by atoms with E-state index in [1.807, 2.05) is 18.2 Å². The van der Waals surface area contributed by atoms with Gasteiger partial charge in [-0.1, -0.05) is 34.1 Å². The van der Waals surface area contributed by atoms with Crippen LogP contribution in [-0.4, -0.2) is 10.0 Å². The standard InChI is InChI=1S/C14H13BrN2O3/c15-12-5-6-14(17(19)20)11(7-12)8-16-13-4-2-1-3-10(13)9-18/h1-7,16,18H,8-9H2. The number of aliphatic hydroxyl groups is 1. The molecular formula is C14H13BrN2O3. The molecule has 0 heterocycles. The summed E-state index contributed by atoms with van der Waals surface area (Å²) in [6, 6.07) is 12.1. The molecule has 104 valence electrons. The van der Waals surface area contributed by atoms with Crippen molar-refractivity contribution in [3.8, 4) is 0 Å². The van der Waals surface area contributed by atoms with Crippen molar-refractivity contribution in [1.82, 2.24) is 0 Å². The minimum absolute atomic E-state index is 0.0715. The highest BCUT2D eigenvalue weighted by atomic mass is 79.9. The van der Waals surface area contributed by atoms with Crippen LogP contribution in [0, 0.1) is 10.1 Å². The minimum atomic E-state index is -0.401. The van der Waals surface area contributed by atoms with Crippen molar-refractivity contribution in [3.63, 3.8) is 0 Å². The van der Waals surface area contributed by atoms with Gasteiger partial charge in [-0.3, -0.25) is 10.1 Å². The Kier molecular flexibility index (Phi) is 4.70. The van der Waals surface area contributed by atoms with Gasteiger partial charge >= 0.3 is 0 Å². The molecule has 2 rings (SSSR count). The summed E-state index contributed by atoms with van der Waals surface area (Å²) in [6.45, 7) is 0.233. The Morgan fingerprint density at radius 2 is 1.95 bits per heavy atom.